The normalized spacial score (nSPS) is 11.9. The molecule has 7 aromatic carbocycles. The van der Waals surface area contributed by atoms with Gasteiger partial charge in [-0.1, -0.05) is 109 Å². The van der Waals surface area contributed by atoms with E-state index < -0.39 is 0 Å². The molecule has 6 heteroatoms. The number of fused-ring (bicyclic) bond motifs is 9. The first-order valence-electron chi connectivity index (χ1n) is 17.0. The smallest absolute Gasteiger partial charge is 0.238 e. The molecule has 6 nitrogen and oxygen atoms in total. The Labute approximate surface area is 291 Å². The molecule has 238 valence electrons. The Morgan fingerprint density at radius 2 is 1.04 bits per heavy atom. The van der Waals surface area contributed by atoms with Crippen molar-refractivity contribution in [2.75, 3.05) is 0 Å². The highest BCUT2D eigenvalue weighted by molar-refractivity contribution is 6.12. The van der Waals surface area contributed by atoms with Crippen LogP contribution in [0.4, 0.5) is 0 Å². The number of para-hydroxylation sites is 5. The van der Waals surface area contributed by atoms with Crippen LogP contribution in [0.1, 0.15) is 0 Å². The third kappa shape index (κ3) is 4.14. The summed E-state index contributed by atoms with van der Waals surface area (Å²) in [5.41, 5.74) is 10.3. The Morgan fingerprint density at radius 1 is 0.431 bits per heavy atom. The Bertz CT molecular complexity index is 3110. The summed E-state index contributed by atoms with van der Waals surface area (Å²) >= 11 is 0. The molecule has 0 aliphatic heterocycles. The minimum Gasteiger partial charge on any atom is -0.455 e. The molecule has 0 aliphatic rings. The van der Waals surface area contributed by atoms with Crippen LogP contribution < -0.4 is 0 Å². The van der Waals surface area contributed by atoms with E-state index in [1.807, 2.05) is 30.3 Å². The van der Waals surface area contributed by atoms with Gasteiger partial charge in [0.1, 0.15) is 17.5 Å². The van der Waals surface area contributed by atoms with Gasteiger partial charge in [0.15, 0.2) is 5.82 Å². The fourth-order valence-corrected chi connectivity index (χ4v) is 7.85. The van der Waals surface area contributed by atoms with Crippen molar-refractivity contribution in [3.63, 3.8) is 0 Å². The molecular formula is C45H27N5O. The summed E-state index contributed by atoms with van der Waals surface area (Å²) in [6, 6.07) is 55.2. The second-order valence-corrected chi connectivity index (χ2v) is 12.9. The van der Waals surface area contributed by atoms with Gasteiger partial charge in [-0.2, -0.15) is 4.98 Å². The number of furan rings is 1. The van der Waals surface area contributed by atoms with Gasteiger partial charge in [-0.15, -0.1) is 0 Å². The number of hydrogen-bond acceptors (Lipinski definition) is 4. The molecular weight excluding hydrogens is 627 g/mol. The highest BCUT2D eigenvalue weighted by atomic mass is 16.3. The standard InChI is InChI=1S/C45H27N5O/c1-5-19-38-32(13-1)33-14-2-6-20-39(33)49(38)30-23-24-41-37(26-30)34-15-3-7-21-40(34)50(41)45-47-27-46-44(48-45)29-12-9-11-28(25-29)31-17-10-18-36-35-16-4-8-22-42(35)51-43(31)36/h1-27H. The lowest BCUT2D eigenvalue weighted by molar-refractivity contribution is 0.670. The van der Waals surface area contributed by atoms with Gasteiger partial charge >= 0.3 is 0 Å². The Balaban J connectivity index is 1.06. The topological polar surface area (TPSA) is 61.7 Å². The zero-order chi connectivity index (χ0) is 33.5. The van der Waals surface area contributed by atoms with Crippen LogP contribution >= 0.6 is 0 Å². The lowest BCUT2D eigenvalue weighted by Gasteiger charge is -2.10. The molecule has 0 unspecified atom stereocenters. The van der Waals surface area contributed by atoms with Crippen LogP contribution in [-0.2, 0) is 0 Å². The van der Waals surface area contributed by atoms with Crippen molar-refractivity contribution >= 4 is 65.6 Å². The van der Waals surface area contributed by atoms with Crippen molar-refractivity contribution in [1.82, 2.24) is 24.1 Å². The van der Waals surface area contributed by atoms with Gasteiger partial charge in [-0.25, -0.2) is 9.97 Å². The van der Waals surface area contributed by atoms with Crippen molar-refractivity contribution in [2.24, 2.45) is 0 Å². The minimum absolute atomic E-state index is 0.570. The Morgan fingerprint density at radius 3 is 1.82 bits per heavy atom. The lowest BCUT2D eigenvalue weighted by Crippen LogP contribution is -2.03. The first kappa shape index (κ1) is 27.9. The van der Waals surface area contributed by atoms with Crippen molar-refractivity contribution in [2.45, 2.75) is 0 Å². The number of nitrogens with zero attached hydrogens (tertiary/aromatic N) is 5. The van der Waals surface area contributed by atoms with E-state index in [0.29, 0.717) is 11.8 Å². The van der Waals surface area contributed by atoms with Crippen molar-refractivity contribution in [3.05, 3.63) is 164 Å². The summed E-state index contributed by atoms with van der Waals surface area (Å²) in [6.45, 7) is 0. The molecule has 0 aliphatic carbocycles. The molecule has 0 amide bonds. The predicted molar refractivity (Wildman–Crippen MR) is 207 cm³/mol. The predicted octanol–water partition coefficient (Wildman–Crippen LogP) is 11.3. The molecule has 0 N–H and O–H groups in total. The largest absolute Gasteiger partial charge is 0.455 e. The summed E-state index contributed by atoms with van der Waals surface area (Å²) < 4.78 is 10.9. The molecule has 4 aromatic heterocycles. The second-order valence-electron chi connectivity index (χ2n) is 12.9. The first-order chi connectivity index (χ1) is 25.3. The van der Waals surface area contributed by atoms with Gasteiger partial charge in [0.05, 0.1) is 22.1 Å². The van der Waals surface area contributed by atoms with Crippen LogP contribution in [0, 0.1) is 0 Å². The number of benzene rings is 7. The molecule has 0 saturated heterocycles. The second kappa shape index (κ2) is 10.7. The van der Waals surface area contributed by atoms with Crippen molar-refractivity contribution in [3.8, 4) is 34.2 Å². The van der Waals surface area contributed by atoms with Gasteiger partial charge in [-0.3, -0.25) is 4.57 Å². The zero-order valence-corrected chi connectivity index (χ0v) is 27.2. The molecule has 51 heavy (non-hydrogen) atoms. The summed E-state index contributed by atoms with van der Waals surface area (Å²) in [7, 11) is 0. The Hall–Kier alpha value is -7.05. The maximum Gasteiger partial charge on any atom is 0.238 e. The molecule has 11 rings (SSSR count). The average molecular weight is 654 g/mol. The molecule has 0 saturated carbocycles. The van der Waals surface area contributed by atoms with Crippen molar-refractivity contribution < 1.29 is 4.42 Å². The fourth-order valence-electron chi connectivity index (χ4n) is 7.85. The molecule has 0 bridgehead atoms. The van der Waals surface area contributed by atoms with E-state index in [2.05, 4.69) is 142 Å². The van der Waals surface area contributed by atoms with E-state index in [0.717, 1.165) is 66.1 Å². The van der Waals surface area contributed by atoms with Crippen LogP contribution in [0.5, 0.6) is 0 Å². The highest BCUT2D eigenvalue weighted by Gasteiger charge is 2.18. The third-order valence-electron chi connectivity index (χ3n) is 10.1. The van der Waals surface area contributed by atoms with Crippen LogP contribution in [0.2, 0.25) is 0 Å². The van der Waals surface area contributed by atoms with Gasteiger partial charge in [-0.05, 0) is 54.1 Å². The first-order valence-corrected chi connectivity index (χ1v) is 17.0. The van der Waals surface area contributed by atoms with Gasteiger partial charge in [0, 0.05) is 49.1 Å². The van der Waals surface area contributed by atoms with E-state index in [1.54, 1.807) is 6.33 Å². The van der Waals surface area contributed by atoms with E-state index in [9.17, 15) is 0 Å². The number of rotatable bonds is 4. The fraction of sp³-hybridized carbons (Fsp3) is 0. The monoisotopic (exact) mass is 653 g/mol. The lowest BCUT2D eigenvalue weighted by atomic mass is 10.0. The van der Waals surface area contributed by atoms with E-state index >= 15 is 0 Å². The molecule has 0 atom stereocenters. The zero-order valence-electron chi connectivity index (χ0n) is 27.2. The average Bonchev–Trinajstić information content (AvgIpc) is 3.86. The molecule has 0 fully saturated rings. The van der Waals surface area contributed by atoms with Gasteiger partial charge in [0.2, 0.25) is 5.95 Å². The number of aromatic nitrogens is 5. The van der Waals surface area contributed by atoms with Crippen LogP contribution in [0.15, 0.2) is 168 Å². The summed E-state index contributed by atoms with van der Waals surface area (Å²) in [4.78, 5) is 14.5. The quantitative estimate of drug-likeness (QED) is 0.190. The van der Waals surface area contributed by atoms with Gasteiger partial charge in [0.25, 0.3) is 0 Å². The van der Waals surface area contributed by atoms with Crippen LogP contribution in [0.3, 0.4) is 0 Å². The SMILES string of the molecule is c1cc(-c2ncnc(-n3c4ccccc4c4cc(-n5c6ccccc6c6ccccc65)ccc43)n2)cc(-c2cccc3c2oc2ccccc23)c1. The molecule has 0 spiro atoms. The van der Waals surface area contributed by atoms with E-state index in [1.165, 1.54) is 21.8 Å². The minimum atomic E-state index is 0.570. The van der Waals surface area contributed by atoms with Gasteiger partial charge < -0.3 is 8.98 Å². The third-order valence-corrected chi connectivity index (χ3v) is 10.1. The highest BCUT2D eigenvalue weighted by Crippen LogP contribution is 2.38. The van der Waals surface area contributed by atoms with E-state index in [-0.39, 0.29) is 0 Å². The van der Waals surface area contributed by atoms with Crippen LogP contribution in [0.25, 0.3) is 99.7 Å². The van der Waals surface area contributed by atoms with E-state index in [4.69, 9.17) is 14.4 Å². The summed E-state index contributed by atoms with van der Waals surface area (Å²) in [6.07, 6.45) is 1.61. The summed E-state index contributed by atoms with van der Waals surface area (Å²) in [5, 5.41) is 6.97. The number of hydrogen-bond donors (Lipinski definition) is 0. The molecule has 11 aromatic rings. The molecule has 4 heterocycles. The van der Waals surface area contributed by atoms with Crippen molar-refractivity contribution in [1.29, 1.82) is 0 Å². The summed E-state index contributed by atoms with van der Waals surface area (Å²) in [5.74, 6) is 1.17. The maximum absolute atomic E-state index is 6.36. The Kier molecular flexibility index (Phi) is 5.86. The van der Waals surface area contributed by atoms with Crippen LogP contribution in [-0.4, -0.2) is 24.1 Å². The molecule has 0 radical (unpaired) electrons. The maximum atomic E-state index is 6.36.